The van der Waals surface area contributed by atoms with Crippen LogP contribution in [0, 0.1) is 13.8 Å². The summed E-state index contributed by atoms with van der Waals surface area (Å²) in [5.74, 6) is -0.149. The van der Waals surface area contributed by atoms with E-state index in [0.717, 1.165) is 21.8 Å². The predicted octanol–water partition coefficient (Wildman–Crippen LogP) is 1.49. The largest absolute Gasteiger partial charge is 0.395 e. The van der Waals surface area contributed by atoms with Crippen molar-refractivity contribution in [3.8, 4) is 10.4 Å². The van der Waals surface area contributed by atoms with Gasteiger partial charge < -0.3 is 10.4 Å². The number of aliphatic hydroxyl groups is 1. The number of aryl methyl sites for hydroxylation is 2. The molecule has 2 N–H and O–H groups in total. The fraction of sp³-hybridized carbons (Fsp3) is 0.385. The molecule has 0 unspecified atom stereocenters. The first-order valence-electron chi connectivity index (χ1n) is 6.04. The van der Waals surface area contributed by atoms with Crippen LogP contribution in [-0.4, -0.2) is 33.9 Å². The number of aromatic nitrogens is 2. The SMILES string of the molecule is Cc1nn(C)c(C)c1-c1ccc(C(=O)NCCO)s1. The average molecular weight is 279 g/mol. The van der Waals surface area contributed by atoms with Crippen LogP contribution in [-0.2, 0) is 7.05 Å². The van der Waals surface area contributed by atoms with E-state index in [0.29, 0.717) is 4.88 Å². The van der Waals surface area contributed by atoms with Gasteiger partial charge in [0.25, 0.3) is 5.91 Å². The minimum atomic E-state index is -0.149. The predicted molar refractivity (Wildman–Crippen MR) is 75.4 cm³/mol. The van der Waals surface area contributed by atoms with Crippen molar-refractivity contribution >= 4 is 17.2 Å². The number of carbonyl (C=O) groups excluding carboxylic acids is 1. The van der Waals surface area contributed by atoms with Crippen LogP contribution in [0.5, 0.6) is 0 Å². The Labute approximate surface area is 115 Å². The summed E-state index contributed by atoms with van der Waals surface area (Å²) in [4.78, 5) is 13.5. The minimum Gasteiger partial charge on any atom is -0.395 e. The molecular formula is C13H17N3O2S. The number of nitrogens with one attached hydrogen (secondary N) is 1. The Bertz CT molecular complexity index is 601. The van der Waals surface area contributed by atoms with Gasteiger partial charge in [-0.2, -0.15) is 5.10 Å². The average Bonchev–Trinajstić information content (AvgIpc) is 2.93. The summed E-state index contributed by atoms with van der Waals surface area (Å²) >= 11 is 1.44. The molecule has 0 aliphatic rings. The van der Waals surface area contributed by atoms with Gasteiger partial charge in [-0.15, -0.1) is 11.3 Å². The van der Waals surface area contributed by atoms with Gasteiger partial charge in [-0.05, 0) is 26.0 Å². The fourth-order valence-electron chi connectivity index (χ4n) is 1.98. The van der Waals surface area contributed by atoms with Gasteiger partial charge in [0.05, 0.1) is 17.2 Å². The fourth-order valence-corrected chi connectivity index (χ4v) is 3.05. The maximum atomic E-state index is 11.8. The molecule has 0 aliphatic heterocycles. The van der Waals surface area contributed by atoms with Gasteiger partial charge in [-0.25, -0.2) is 0 Å². The molecule has 0 radical (unpaired) electrons. The van der Waals surface area contributed by atoms with Crippen molar-refractivity contribution in [1.29, 1.82) is 0 Å². The van der Waals surface area contributed by atoms with E-state index in [9.17, 15) is 4.79 Å². The molecule has 0 aromatic carbocycles. The van der Waals surface area contributed by atoms with E-state index in [-0.39, 0.29) is 19.1 Å². The summed E-state index contributed by atoms with van der Waals surface area (Å²) in [6, 6.07) is 3.74. The molecule has 2 aromatic heterocycles. The summed E-state index contributed by atoms with van der Waals surface area (Å²) in [6.07, 6.45) is 0. The summed E-state index contributed by atoms with van der Waals surface area (Å²) in [5, 5.41) is 15.7. The van der Waals surface area contributed by atoms with Crippen molar-refractivity contribution in [2.24, 2.45) is 7.05 Å². The summed E-state index contributed by atoms with van der Waals surface area (Å²) in [7, 11) is 1.91. The topological polar surface area (TPSA) is 67.2 Å². The Kier molecular flexibility index (Phi) is 4.01. The molecule has 0 fully saturated rings. The standard InChI is InChI=1S/C13H17N3O2S/c1-8-12(9(2)16(3)15-8)10-4-5-11(19-10)13(18)14-6-7-17/h4-5,17H,6-7H2,1-3H3,(H,14,18). The third-order valence-corrected chi connectivity index (χ3v) is 4.08. The molecule has 1 amide bonds. The quantitative estimate of drug-likeness (QED) is 0.891. The molecule has 0 aliphatic carbocycles. The lowest BCUT2D eigenvalue weighted by atomic mass is 10.1. The van der Waals surface area contributed by atoms with E-state index in [1.807, 2.05) is 31.6 Å². The Balaban J connectivity index is 2.28. The van der Waals surface area contributed by atoms with Gasteiger partial charge in [0, 0.05) is 29.7 Å². The maximum absolute atomic E-state index is 11.8. The van der Waals surface area contributed by atoms with Gasteiger partial charge in [-0.1, -0.05) is 0 Å². The first-order chi connectivity index (χ1) is 9.04. The molecular weight excluding hydrogens is 262 g/mol. The number of nitrogens with zero attached hydrogens (tertiary/aromatic N) is 2. The number of aliphatic hydroxyl groups excluding tert-OH is 1. The van der Waals surface area contributed by atoms with E-state index in [2.05, 4.69) is 10.4 Å². The van der Waals surface area contributed by atoms with Crippen LogP contribution in [0.2, 0.25) is 0 Å². The lowest BCUT2D eigenvalue weighted by Crippen LogP contribution is -2.25. The Morgan fingerprint density at radius 2 is 2.21 bits per heavy atom. The van der Waals surface area contributed by atoms with Crippen LogP contribution in [0.1, 0.15) is 21.1 Å². The van der Waals surface area contributed by atoms with Crippen LogP contribution >= 0.6 is 11.3 Å². The van der Waals surface area contributed by atoms with Crippen molar-refractivity contribution in [2.45, 2.75) is 13.8 Å². The van der Waals surface area contributed by atoms with E-state index >= 15 is 0 Å². The molecule has 102 valence electrons. The number of thiophene rings is 1. The molecule has 19 heavy (non-hydrogen) atoms. The van der Waals surface area contributed by atoms with Crippen LogP contribution in [0.15, 0.2) is 12.1 Å². The zero-order valence-corrected chi connectivity index (χ0v) is 12.0. The molecule has 2 heterocycles. The first-order valence-corrected chi connectivity index (χ1v) is 6.85. The van der Waals surface area contributed by atoms with Gasteiger partial charge in [0.2, 0.25) is 0 Å². The molecule has 2 aromatic rings. The highest BCUT2D eigenvalue weighted by molar-refractivity contribution is 7.17. The monoisotopic (exact) mass is 279 g/mol. The zero-order chi connectivity index (χ0) is 14.0. The normalized spacial score (nSPS) is 10.7. The smallest absolute Gasteiger partial charge is 0.261 e. The van der Waals surface area contributed by atoms with E-state index in [1.165, 1.54) is 11.3 Å². The summed E-state index contributed by atoms with van der Waals surface area (Å²) in [6.45, 7) is 4.20. The third-order valence-electron chi connectivity index (χ3n) is 2.98. The second-order valence-corrected chi connectivity index (χ2v) is 5.40. The van der Waals surface area contributed by atoms with Gasteiger partial charge in [-0.3, -0.25) is 9.48 Å². The Morgan fingerprint density at radius 3 is 2.79 bits per heavy atom. The maximum Gasteiger partial charge on any atom is 0.261 e. The lowest BCUT2D eigenvalue weighted by molar-refractivity contribution is 0.0949. The molecule has 0 bridgehead atoms. The van der Waals surface area contributed by atoms with Crippen molar-refractivity contribution in [2.75, 3.05) is 13.2 Å². The molecule has 0 saturated heterocycles. The van der Waals surface area contributed by atoms with Gasteiger partial charge in [0.1, 0.15) is 0 Å². The molecule has 0 spiro atoms. The second-order valence-electron chi connectivity index (χ2n) is 4.31. The molecule has 2 rings (SSSR count). The molecule has 5 nitrogen and oxygen atoms in total. The van der Waals surface area contributed by atoms with Crippen molar-refractivity contribution in [3.05, 3.63) is 28.4 Å². The number of amides is 1. The van der Waals surface area contributed by atoms with Gasteiger partial charge >= 0.3 is 0 Å². The molecule has 0 atom stereocenters. The van der Waals surface area contributed by atoms with Crippen molar-refractivity contribution < 1.29 is 9.90 Å². The van der Waals surface area contributed by atoms with Crippen molar-refractivity contribution in [1.82, 2.24) is 15.1 Å². The summed E-state index contributed by atoms with van der Waals surface area (Å²) < 4.78 is 1.84. The van der Waals surface area contributed by atoms with Gasteiger partial charge in [0.15, 0.2) is 0 Å². The highest BCUT2D eigenvalue weighted by atomic mass is 32.1. The number of hydrogen-bond donors (Lipinski definition) is 2. The van der Waals surface area contributed by atoms with Crippen LogP contribution in [0.3, 0.4) is 0 Å². The van der Waals surface area contributed by atoms with Crippen LogP contribution < -0.4 is 5.32 Å². The van der Waals surface area contributed by atoms with E-state index in [4.69, 9.17) is 5.11 Å². The number of rotatable bonds is 4. The van der Waals surface area contributed by atoms with Crippen LogP contribution in [0.4, 0.5) is 0 Å². The first kappa shape index (κ1) is 13.8. The number of hydrogen-bond acceptors (Lipinski definition) is 4. The Hall–Kier alpha value is -1.66. The molecule has 6 heteroatoms. The number of carbonyl (C=O) groups is 1. The summed E-state index contributed by atoms with van der Waals surface area (Å²) in [5.41, 5.74) is 3.14. The highest BCUT2D eigenvalue weighted by Gasteiger charge is 2.15. The van der Waals surface area contributed by atoms with Crippen molar-refractivity contribution in [3.63, 3.8) is 0 Å². The Morgan fingerprint density at radius 1 is 1.47 bits per heavy atom. The minimum absolute atomic E-state index is 0.0508. The zero-order valence-electron chi connectivity index (χ0n) is 11.2. The molecule has 0 saturated carbocycles. The second kappa shape index (κ2) is 5.54. The third kappa shape index (κ3) is 2.69. The highest BCUT2D eigenvalue weighted by Crippen LogP contribution is 2.32. The van der Waals surface area contributed by atoms with E-state index < -0.39 is 0 Å². The lowest BCUT2D eigenvalue weighted by Gasteiger charge is -2.00. The van der Waals surface area contributed by atoms with Crippen LogP contribution in [0.25, 0.3) is 10.4 Å². The van der Waals surface area contributed by atoms with E-state index in [1.54, 1.807) is 6.07 Å².